The minimum Gasteiger partial charge on any atom is -0.396 e. The van der Waals surface area contributed by atoms with Crippen molar-refractivity contribution >= 4 is 5.95 Å². The van der Waals surface area contributed by atoms with E-state index < -0.39 is 0 Å². The summed E-state index contributed by atoms with van der Waals surface area (Å²) in [6.45, 7) is 6.55. The summed E-state index contributed by atoms with van der Waals surface area (Å²) in [6, 6.07) is 0. The lowest BCUT2D eigenvalue weighted by molar-refractivity contribution is 0.266. The Labute approximate surface area is 120 Å². The van der Waals surface area contributed by atoms with Crippen LogP contribution in [0.2, 0.25) is 0 Å². The molecule has 112 valence electrons. The van der Waals surface area contributed by atoms with E-state index in [2.05, 4.69) is 28.9 Å². The van der Waals surface area contributed by atoms with Crippen molar-refractivity contribution in [2.45, 2.75) is 45.4 Å². The largest absolute Gasteiger partial charge is 0.396 e. The summed E-state index contributed by atoms with van der Waals surface area (Å²) in [4.78, 5) is 6.72. The van der Waals surface area contributed by atoms with Crippen molar-refractivity contribution in [2.75, 3.05) is 24.6 Å². The molecule has 0 aromatic carbocycles. The molecule has 2 heterocycles. The fourth-order valence-corrected chi connectivity index (χ4v) is 3.46. The molecule has 3 rings (SSSR count). The molecule has 0 spiro atoms. The van der Waals surface area contributed by atoms with Crippen molar-refractivity contribution in [1.82, 2.24) is 10.1 Å². The van der Waals surface area contributed by atoms with E-state index in [-0.39, 0.29) is 0 Å². The molecule has 1 aromatic heterocycles. The van der Waals surface area contributed by atoms with Gasteiger partial charge in [0.1, 0.15) is 0 Å². The number of aliphatic hydroxyl groups excluding tert-OH is 1. The number of rotatable bonds is 5. The highest BCUT2D eigenvalue weighted by Gasteiger charge is 2.43. The molecule has 1 N–H and O–H groups in total. The zero-order valence-electron chi connectivity index (χ0n) is 12.5. The molecule has 5 heteroatoms. The number of hydrogen-bond donors (Lipinski definition) is 1. The fourth-order valence-electron chi connectivity index (χ4n) is 3.46. The fraction of sp³-hybridized carbons (Fsp3) is 0.867. The van der Waals surface area contributed by atoms with Crippen LogP contribution in [0.4, 0.5) is 5.95 Å². The van der Waals surface area contributed by atoms with Crippen molar-refractivity contribution in [3.63, 3.8) is 0 Å². The highest BCUT2D eigenvalue weighted by molar-refractivity contribution is 5.28. The maximum absolute atomic E-state index is 9.00. The van der Waals surface area contributed by atoms with E-state index in [4.69, 9.17) is 9.63 Å². The van der Waals surface area contributed by atoms with Gasteiger partial charge in [-0.3, -0.25) is 0 Å². The van der Waals surface area contributed by atoms with Gasteiger partial charge in [-0.2, -0.15) is 4.98 Å². The monoisotopic (exact) mass is 279 g/mol. The van der Waals surface area contributed by atoms with E-state index in [0.29, 0.717) is 12.5 Å². The Hall–Kier alpha value is -1.10. The van der Waals surface area contributed by atoms with Crippen LogP contribution in [0, 0.1) is 17.8 Å². The van der Waals surface area contributed by atoms with Crippen molar-refractivity contribution < 1.29 is 9.63 Å². The first kappa shape index (κ1) is 13.9. The zero-order chi connectivity index (χ0) is 14.1. The second-order valence-electron chi connectivity index (χ2n) is 6.58. The normalized spacial score (nSPS) is 27.3. The van der Waals surface area contributed by atoms with Gasteiger partial charge in [0, 0.05) is 25.6 Å². The molecule has 0 amide bonds. The molecule has 1 aliphatic heterocycles. The van der Waals surface area contributed by atoms with Crippen molar-refractivity contribution in [1.29, 1.82) is 0 Å². The first-order valence-corrected chi connectivity index (χ1v) is 7.88. The topological polar surface area (TPSA) is 62.4 Å². The standard InChI is InChI=1S/C15H25N3O2/c1-10(2)14-16-15(17-20-14)18-6-3-11(4-7-18)13-9-12(13)5-8-19/h10-13,19H,3-9H2,1-2H3/t12-,13-/m1/s1. The molecule has 0 bridgehead atoms. The third-order valence-corrected chi connectivity index (χ3v) is 4.83. The maximum atomic E-state index is 9.00. The van der Waals surface area contributed by atoms with Crippen LogP contribution in [0.3, 0.4) is 0 Å². The van der Waals surface area contributed by atoms with E-state index in [1.165, 1.54) is 19.3 Å². The molecule has 1 saturated heterocycles. The van der Waals surface area contributed by atoms with Gasteiger partial charge in [0.2, 0.25) is 5.89 Å². The molecular formula is C15H25N3O2. The van der Waals surface area contributed by atoms with Gasteiger partial charge in [-0.25, -0.2) is 0 Å². The van der Waals surface area contributed by atoms with Gasteiger partial charge in [-0.1, -0.05) is 13.8 Å². The second kappa shape index (κ2) is 5.72. The van der Waals surface area contributed by atoms with Crippen LogP contribution < -0.4 is 4.90 Å². The van der Waals surface area contributed by atoms with Gasteiger partial charge < -0.3 is 14.5 Å². The van der Waals surface area contributed by atoms with Crippen LogP contribution in [-0.4, -0.2) is 34.9 Å². The predicted octanol–water partition coefficient (Wildman–Crippen LogP) is 2.43. The average Bonchev–Trinajstić information content (AvgIpc) is 3.03. The number of aliphatic hydroxyl groups is 1. The Morgan fingerprint density at radius 1 is 1.35 bits per heavy atom. The first-order chi connectivity index (χ1) is 9.69. The molecule has 20 heavy (non-hydrogen) atoms. The lowest BCUT2D eigenvalue weighted by Crippen LogP contribution is -2.35. The maximum Gasteiger partial charge on any atom is 0.266 e. The molecule has 1 aliphatic carbocycles. The van der Waals surface area contributed by atoms with E-state index in [9.17, 15) is 0 Å². The molecule has 0 radical (unpaired) electrons. The summed E-state index contributed by atoms with van der Waals surface area (Å²) in [5.74, 6) is 4.26. The highest BCUT2D eigenvalue weighted by Crippen LogP contribution is 2.49. The van der Waals surface area contributed by atoms with Crippen LogP contribution in [0.15, 0.2) is 4.52 Å². The Kier molecular flexibility index (Phi) is 3.96. The molecular weight excluding hydrogens is 254 g/mol. The van der Waals surface area contributed by atoms with Gasteiger partial charge in [-0.15, -0.1) is 0 Å². The summed E-state index contributed by atoms with van der Waals surface area (Å²) < 4.78 is 5.28. The summed E-state index contributed by atoms with van der Waals surface area (Å²) >= 11 is 0. The number of anilines is 1. The Balaban J connectivity index is 1.51. The predicted molar refractivity (Wildman–Crippen MR) is 76.6 cm³/mol. The molecule has 2 fully saturated rings. The minimum absolute atomic E-state index is 0.291. The quantitative estimate of drug-likeness (QED) is 0.897. The molecule has 2 aliphatic rings. The van der Waals surface area contributed by atoms with Crippen LogP contribution in [0.25, 0.3) is 0 Å². The number of aromatic nitrogens is 2. The van der Waals surface area contributed by atoms with E-state index >= 15 is 0 Å². The van der Waals surface area contributed by atoms with Crippen LogP contribution in [0.1, 0.15) is 51.3 Å². The lowest BCUT2D eigenvalue weighted by atomic mass is 9.90. The van der Waals surface area contributed by atoms with Crippen LogP contribution in [0.5, 0.6) is 0 Å². The first-order valence-electron chi connectivity index (χ1n) is 7.88. The molecule has 5 nitrogen and oxygen atoms in total. The van der Waals surface area contributed by atoms with Gasteiger partial charge in [-0.05, 0) is 48.6 Å². The van der Waals surface area contributed by atoms with Crippen LogP contribution >= 0.6 is 0 Å². The molecule has 1 saturated carbocycles. The van der Waals surface area contributed by atoms with Gasteiger partial charge in [0.15, 0.2) is 0 Å². The summed E-state index contributed by atoms with van der Waals surface area (Å²) in [5.41, 5.74) is 0. The number of piperidine rings is 1. The molecule has 2 atom stereocenters. The summed E-state index contributed by atoms with van der Waals surface area (Å²) in [7, 11) is 0. The summed E-state index contributed by atoms with van der Waals surface area (Å²) in [5, 5.41) is 13.1. The number of nitrogens with zero attached hydrogens (tertiary/aromatic N) is 3. The average molecular weight is 279 g/mol. The third-order valence-electron chi connectivity index (χ3n) is 4.83. The SMILES string of the molecule is CC(C)c1nc(N2CCC([C@H]3C[C@H]3CCO)CC2)no1. The number of hydrogen-bond acceptors (Lipinski definition) is 5. The highest BCUT2D eigenvalue weighted by atomic mass is 16.5. The Bertz CT molecular complexity index is 438. The third kappa shape index (κ3) is 2.82. The smallest absolute Gasteiger partial charge is 0.266 e. The zero-order valence-corrected chi connectivity index (χ0v) is 12.5. The lowest BCUT2D eigenvalue weighted by Gasteiger charge is -2.31. The van der Waals surface area contributed by atoms with Gasteiger partial charge in [0.05, 0.1) is 0 Å². The van der Waals surface area contributed by atoms with Gasteiger partial charge in [0.25, 0.3) is 5.95 Å². The van der Waals surface area contributed by atoms with E-state index in [1.54, 1.807) is 0 Å². The van der Waals surface area contributed by atoms with E-state index in [1.807, 2.05) is 0 Å². The van der Waals surface area contributed by atoms with Crippen molar-refractivity contribution in [3.8, 4) is 0 Å². The Morgan fingerprint density at radius 2 is 2.10 bits per heavy atom. The van der Waals surface area contributed by atoms with E-state index in [0.717, 1.165) is 49.1 Å². The summed E-state index contributed by atoms with van der Waals surface area (Å²) in [6.07, 6.45) is 4.76. The van der Waals surface area contributed by atoms with Crippen LogP contribution in [-0.2, 0) is 0 Å². The van der Waals surface area contributed by atoms with Crippen molar-refractivity contribution in [3.05, 3.63) is 5.89 Å². The van der Waals surface area contributed by atoms with Crippen molar-refractivity contribution in [2.24, 2.45) is 17.8 Å². The minimum atomic E-state index is 0.291. The Morgan fingerprint density at radius 3 is 2.70 bits per heavy atom. The van der Waals surface area contributed by atoms with Gasteiger partial charge >= 0.3 is 0 Å². The molecule has 1 aromatic rings. The second-order valence-corrected chi connectivity index (χ2v) is 6.58. The molecule has 0 unspecified atom stereocenters.